The Hall–Kier alpha value is -2.66. The molecule has 5 nitrogen and oxygen atoms in total. The molecule has 2 aromatic carbocycles. The number of para-hydroxylation sites is 1. The van der Waals surface area contributed by atoms with Crippen LogP contribution in [-0.2, 0) is 16.0 Å². The predicted molar refractivity (Wildman–Crippen MR) is 153 cm³/mol. The quantitative estimate of drug-likeness (QED) is 0.381. The zero-order chi connectivity index (χ0) is 27.3. The molecule has 0 atom stereocenters. The van der Waals surface area contributed by atoms with Crippen LogP contribution in [0, 0.1) is 38.5 Å². The van der Waals surface area contributed by atoms with Gasteiger partial charge in [-0.15, -0.1) is 0 Å². The average Bonchev–Trinajstić information content (AvgIpc) is 2.75. The van der Waals surface area contributed by atoms with Crippen LogP contribution >= 0.6 is 0 Å². The fourth-order valence-electron chi connectivity index (χ4n) is 4.50. The summed E-state index contributed by atoms with van der Waals surface area (Å²) in [4.78, 5) is 27.5. The summed E-state index contributed by atoms with van der Waals surface area (Å²) in [5, 5.41) is 6.23. The summed E-state index contributed by atoms with van der Waals surface area (Å²) in [6.07, 6.45) is 1.92. The number of hydrogen-bond donors (Lipinski definition) is 2. The van der Waals surface area contributed by atoms with Gasteiger partial charge < -0.3 is 10.6 Å². The molecule has 36 heavy (non-hydrogen) atoms. The molecule has 0 unspecified atom stereocenters. The minimum absolute atomic E-state index is 0.0306. The summed E-state index contributed by atoms with van der Waals surface area (Å²) >= 11 is 0. The number of carbonyl (C=O) groups excluding carboxylic acids is 2. The molecule has 2 N–H and O–H groups in total. The molecular formula is C31H47N3O2. The fraction of sp³-hybridized carbons (Fsp3) is 0.548. The normalized spacial score (nSPS) is 12.1. The Bertz CT molecular complexity index is 1040. The van der Waals surface area contributed by atoms with E-state index in [0.29, 0.717) is 6.54 Å². The second-order valence-electron chi connectivity index (χ2n) is 12.1. The number of anilines is 2. The topological polar surface area (TPSA) is 61.4 Å². The standard InChI is InChI=1S/C31H47N3O2/c1-11-34(20-26(35)32-27-21(2)13-12-14-22(27)3)16-15-31(9,10)19-25-17-23(4)28(24(5)18-25)33-29(36)30(6,7)8/h12-14,17-18H,11,15-16,19-20H2,1-10H3,(H,32,35)(H,33,36). The highest BCUT2D eigenvalue weighted by atomic mass is 16.2. The Labute approximate surface area is 219 Å². The summed E-state index contributed by atoms with van der Waals surface area (Å²) in [5.41, 5.74) is 7.12. The van der Waals surface area contributed by atoms with Gasteiger partial charge in [-0.1, -0.05) is 71.9 Å². The highest BCUT2D eigenvalue weighted by Gasteiger charge is 2.24. The number of likely N-dealkylation sites (N-methyl/N-ethyl adjacent to an activating group) is 1. The molecule has 0 saturated heterocycles. The van der Waals surface area contributed by atoms with E-state index in [1.807, 2.05) is 52.8 Å². The number of nitrogens with zero attached hydrogens (tertiary/aromatic N) is 1. The minimum Gasteiger partial charge on any atom is -0.325 e. The molecule has 198 valence electrons. The van der Waals surface area contributed by atoms with Gasteiger partial charge >= 0.3 is 0 Å². The van der Waals surface area contributed by atoms with E-state index in [9.17, 15) is 9.59 Å². The molecule has 2 rings (SSSR count). The van der Waals surface area contributed by atoms with E-state index in [-0.39, 0.29) is 17.2 Å². The first-order chi connectivity index (χ1) is 16.6. The molecule has 0 saturated carbocycles. The average molecular weight is 494 g/mol. The Morgan fingerprint density at radius 1 is 0.833 bits per heavy atom. The molecule has 2 aromatic rings. The molecule has 0 bridgehead atoms. The Morgan fingerprint density at radius 2 is 1.36 bits per heavy atom. The van der Waals surface area contributed by atoms with Crippen molar-refractivity contribution in [2.75, 3.05) is 30.3 Å². The largest absolute Gasteiger partial charge is 0.325 e. The Morgan fingerprint density at radius 3 is 1.86 bits per heavy atom. The van der Waals surface area contributed by atoms with E-state index in [2.05, 4.69) is 62.3 Å². The van der Waals surface area contributed by atoms with Crippen LogP contribution in [-0.4, -0.2) is 36.3 Å². The van der Waals surface area contributed by atoms with Crippen molar-refractivity contribution in [2.45, 2.75) is 82.1 Å². The van der Waals surface area contributed by atoms with Crippen molar-refractivity contribution in [3.8, 4) is 0 Å². The van der Waals surface area contributed by atoms with Crippen molar-refractivity contribution < 1.29 is 9.59 Å². The van der Waals surface area contributed by atoms with Crippen LogP contribution in [0.25, 0.3) is 0 Å². The monoisotopic (exact) mass is 493 g/mol. The van der Waals surface area contributed by atoms with E-state index >= 15 is 0 Å². The maximum Gasteiger partial charge on any atom is 0.238 e. The Balaban J connectivity index is 1.99. The van der Waals surface area contributed by atoms with E-state index in [1.54, 1.807) is 0 Å². The lowest BCUT2D eigenvalue weighted by molar-refractivity contribution is -0.123. The first kappa shape index (κ1) is 29.6. The second kappa shape index (κ2) is 12.1. The molecule has 0 aromatic heterocycles. The maximum atomic E-state index is 12.8. The SMILES string of the molecule is CCN(CCC(C)(C)Cc1cc(C)c(NC(=O)C(C)(C)C)c(C)c1)CC(=O)Nc1c(C)cccc1C. The molecule has 0 spiro atoms. The smallest absolute Gasteiger partial charge is 0.238 e. The van der Waals surface area contributed by atoms with E-state index in [0.717, 1.165) is 59.6 Å². The van der Waals surface area contributed by atoms with Crippen LogP contribution in [0.3, 0.4) is 0 Å². The highest BCUT2D eigenvalue weighted by Crippen LogP contribution is 2.31. The molecule has 0 aliphatic carbocycles. The van der Waals surface area contributed by atoms with Crippen molar-refractivity contribution in [2.24, 2.45) is 10.8 Å². The van der Waals surface area contributed by atoms with Gasteiger partial charge in [-0.3, -0.25) is 14.5 Å². The second-order valence-corrected chi connectivity index (χ2v) is 12.1. The van der Waals surface area contributed by atoms with Gasteiger partial charge in [0.2, 0.25) is 11.8 Å². The third-order valence-corrected chi connectivity index (χ3v) is 6.86. The number of hydrogen-bond acceptors (Lipinski definition) is 3. The Kier molecular flexibility index (Phi) is 9.90. The van der Waals surface area contributed by atoms with Crippen LogP contribution in [0.5, 0.6) is 0 Å². The van der Waals surface area contributed by atoms with Gasteiger partial charge in [0, 0.05) is 16.8 Å². The van der Waals surface area contributed by atoms with Gasteiger partial charge in [-0.25, -0.2) is 0 Å². The molecule has 5 heteroatoms. The predicted octanol–water partition coefficient (Wildman–Crippen LogP) is 6.82. The summed E-state index contributed by atoms with van der Waals surface area (Å²) in [6, 6.07) is 10.5. The van der Waals surface area contributed by atoms with Gasteiger partial charge in [0.15, 0.2) is 0 Å². The fourth-order valence-corrected chi connectivity index (χ4v) is 4.50. The van der Waals surface area contributed by atoms with Crippen molar-refractivity contribution in [3.63, 3.8) is 0 Å². The molecule has 0 aliphatic rings. The van der Waals surface area contributed by atoms with Crippen molar-refractivity contribution >= 4 is 23.2 Å². The lowest BCUT2D eigenvalue weighted by atomic mass is 9.81. The third-order valence-electron chi connectivity index (χ3n) is 6.86. The zero-order valence-electron chi connectivity index (χ0n) is 24.2. The highest BCUT2D eigenvalue weighted by molar-refractivity contribution is 5.96. The van der Waals surface area contributed by atoms with Crippen molar-refractivity contribution in [3.05, 3.63) is 58.1 Å². The van der Waals surface area contributed by atoms with E-state index in [4.69, 9.17) is 0 Å². The van der Waals surface area contributed by atoms with Gasteiger partial charge in [0.05, 0.1) is 6.54 Å². The molecule has 0 radical (unpaired) electrons. The van der Waals surface area contributed by atoms with E-state index < -0.39 is 5.41 Å². The summed E-state index contributed by atoms with van der Waals surface area (Å²) < 4.78 is 0. The van der Waals surface area contributed by atoms with Crippen LogP contribution < -0.4 is 10.6 Å². The number of benzene rings is 2. The number of amides is 2. The van der Waals surface area contributed by atoms with Crippen LogP contribution in [0.15, 0.2) is 30.3 Å². The molecular weight excluding hydrogens is 446 g/mol. The van der Waals surface area contributed by atoms with Crippen LogP contribution in [0.1, 0.15) is 75.8 Å². The third kappa shape index (κ3) is 8.48. The minimum atomic E-state index is -0.430. The number of nitrogens with one attached hydrogen (secondary N) is 2. The molecule has 0 fully saturated rings. The number of aryl methyl sites for hydroxylation is 4. The van der Waals surface area contributed by atoms with Crippen LogP contribution in [0.4, 0.5) is 11.4 Å². The van der Waals surface area contributed by atoms with Crippen LogP contribution in [0.2, 0.25) is 0 Å². The first-order valence-electron chi connectivity index (χ1n) is 13.1. The summed E-state index contributed by atoms with van der Waals surface area (Å²) in [7, 11) is 0. The van der Waals surface area contributed by atoms with Crippen molar-refractivity contribution in [1.82, 2.24) is 4.90 Å². The van der Waals surface area contributed by atoms with Gasteiger partial charge in [-0.2, -0.15) is 0 Å². The summed E-state index contributed by atoms with van der Waals surface area (Å²) in [6.45, 7) is 22.7. The maximum absolute atomic E-state index is 12.8. The number of rotatable bonds is 10. The van der Waals surface area contributed by atoms with Gasteiger partial charge in [-0.05, 0) is 86.9 Å². The lowest BCUT2D eigenvalue weighted by Gasteiger charge is -2.29. The molecule has 2 amide bonds. The molecule has 0 heterocycles. The lowest BCUT2D eigenvalue weighted by Crippen LogP contribution is -2.36. The zero-order valence-corrected chi connectivity index (χ0v) is 24.2. The molecule has 0 aliphatic heterocycles. The first-order valence-corrected chi connectivity index (χ1v) is 13.1. The number of carbonyl (C=O) groups is 2. The van der Waals surface area contributed by atoms with Crippen molar-refractivity contribution in [1.29, 1.82) is 0 Å². The summed E-state index contributed by atoms with van der Waals surface area (Å²) in [5.74, 6) is 0.0641. The van der Waals surface area contributed by atoms with Gasteiger partial charge in [0.25, 0.3) is 0 Å². The van der Waals surface area contributed by atoms with Gasteiger partial charge in [0.1, 0.15) is 0 Å². The van der Waals surface area contributed by atoms with E-state index in [1.165, 1.54) is 5.56 Å².